The van der Waals surface area contributed by atoms with Crippen LogP contribution in [0.3, 0.4) is 0 Å². The minimum Gasteiger partial charge on any atom is -0.339 e. The monoisotopic (exact) mass is 258 g/mol. The van der Waals surface area contributed by atoms with Crippen LogP contribution in [0, 0.1) is 18.8 Å². The summed E-state index contributed by atoms with van der Waals surface area (Å²) in [7, 11) is 0. The Labute approximate surface area is 115 Å². The Balaban J connectivity index is 3.04. The Morgan fingerprint density at radius 3 is 2.68 bits per heavy atom. The fourth-order valence-electron chi connectivity index (χ4n) is 1.89. The second-order valence-electron chi connectivity index (χ2n) is 4.42. The average Bonchev–Trinajstić information content (AvgIpc) is 2.43. The molecule has 0 aliphatic carbocycles. The van der Waals surface area contributed by atoms with Crippen molar-refractivity contribution in [2.24, 2.45) is 5.73 Å². The fraction of sp³-hybridized carbons (Fsp3) is 0.438. The number of nitrogens with two attached hydrogens (primary N) is 1. The molecule has 1 aromatic carbocycles. The molecule has 0 aromatic heterocycles. The molecule has 2 N–H and O–H groups in total. The van der Waals surface area contributed by atoms with Crippen molar-refractivity contribution < 1.29 is 4.79 Å². The maximum atomic E-state index is 12.4. The van der Waals surface area contributed by atoms with E-state index >= 15 is 0 Å². The van der Waals surface area contributed by atoms with Crippen molar-refractivity contribution >= 4 is 5.91 Å². The maximum Gasteiger partial charge on any atom is 0.253 e. The summed E-state index contributed by atoms with van der Waals surface area (Å²) < 4.78 is 0. The summed E-state index contributed by atoms with van der Waals surface area (Å²) in [6.07, 6.45) is 0.964. The van der Waals surface area contributed by atoms with Gasteiger partial charge in [0.1, 0.15) is 0 Å². The zero-order valence-corrected chi connectivity index (χ0v) is 12.0. The van der Waals surface area contributed by atoms with E-state index < -0.39 is 0 Å². The Hall–Kier alpha value is -1.79. The number of rotatable bonds is 4. The predicted octanol–water partition coefficient (Wildman–Crippen LogP) is 2.18. The van der Waals surface area contributed by atoms with E-state index in [9.17, 15) is 4.79 Å². The Morgan fingerprint density at radius 2 is 2.11 bits per heavy atom. The molecule has 3 heteroatoms. The van der Waals surface area contributed by atoms with Gasteiger partial charge in [-0.1, -0.05) is 24.8 Å². The highest BCUT2D eigenvalue weighted by molar-refractivity contribution is 5.94. The van der Waals surface area contributed by atoms with Crippen molar-refractivity contribution in [1.82, 2.24) is 4.90 Å². The van der Waals surface area contributed by atoms with Crippen molar-refractivity contribution in [3.63, 3.8) is 0 Å². The Kier molecular flexibility index (Phi) is 6.11. The summed E-state index contributed by atoms with van der Waals surface area (Å²) in [6, 6.07) is 5.66. The van der Waals surface area contributed by atoms with E-state index in [1.54, 1.807) is 0 Å². The lowest BCUT2D eigenvalue weighted by atomic mass is 10.0. The quantitative estimate of drug-likeness (QED) is 0.841. The summed E-state index contributed by atoms with van der Waals surface area (Å²) in [5, 5.41) is 0. The zero-order valence-electron chi connectivity index (χ0n) is 12.0. The molecule has 0 fully saturated rings. The van der Waals surface area contributed by atoms with Gasteiger partial charge in [0.2, 0.25) is 0 Å². The first kappa shape index (κ1) is 15.3. The van der Waals surface area contributed by atoms with E-state index in [0.717, 1.165) is 30.6 Å². The molecule has 0 spiro atoms. The zero-order chi connectivity index (χ0) is 14.3. The predicted molar refractivity (Wildman–Crippen MR) is 79.0 cm³/mol. The lowest BCUT2D eigenvalue weighted by Gasteiger charge is -2.20. The van der Waals surface area contributed by atoms with E-state index in [0.29, 0.717) is 12.1 Å². The van der Waals surface area contributed by atoms with Crippen molar-refractivity contribution in [3.05, 3.63) is 34.9 Å². The lowest BCUT2D eigenvalue weighted by Crippen LogP contribution is -2.31. The standard InChI is InChI=1S/C16H22N2O/c1-4-11-18(5-2)16(19)15-9-8-13(3)14(12-15)7-6-10-17/h8-9,12H,4-5,10-11,17H2,1-3H3. The van der Waals surface area contributed by atoms with Crippen LogP contribution in [0.25, 0.3) is 0 Å². The number of aryl methyl sites for hydroxylation is 1. The fourth-order valence-corrected chi connectivity index (χ4v) is 1.89. The van der Waals surface area contributed by atoms with E-state index in [1.165, 1.54) is 0 Å². The molecule has 19 heavy (non-hydrogen) atoms. The molecule has 0 saturated carbocycles. The lowest BCUT2D eigenvalue weighted by molar-refractivity contribution is 0.0764. The van der Waals surface area contributed by atoms with Gasteiger partial charge in [-0.15, -0.1) is 0 Å². The largest absolute Gasteiger partial charge is 0.339 e. The molecule has 0 unspecified atom stereocenters. The smallest absolute Gasteiger partial charge is 0.253 e. The Morgan fingerprint density at radius 1 is 1.37 bits per heavy atom. The number of amides is 1. The van der Waals surface area contributed by atoms with Gasteiger partial charge in [0.25, 0.3) is 5.91 Å². The van der Waals surface area contributed by atoms with Gasteiger partial charge in [-0.25, -0.2) is 0 Å². The minimum absolute atomic E-state index is 0.0696. The number of nitrogens with zero attached hydrogens (tertiary/aromatic N) is 1. The third-order valence-electron chi connectivity index (χ3n) is 2.97. The average molecular weight is 258 g/mol. The molecule has 0 saturated heterocycles. The summed E-state index contributed by atoms with van der Waals surface area (Å²) >= 11 is 0. The topological polar surface area (TPSA) is 46.3 Å². The van der Waals surface area contributed by atoms with Gasteiger partial charge in [0, 0.05) is 24.2 Å². The van der Waals surface area contributed by atoms with Crippen molar-refractivity contribution in [3.8, 4) is 11.8 Å². The molecule has 0 bridgehead atoms. The first-order valence-corrected chi connectivity index (χ1v) is 6.72. The SMILES string of the molecule is CCCN(CC)C(=O)c1ccc(C)c(C#CCN)c1. The molecule has 0 heterocycles. The molecule has 102 valence electrons. The molecule has 1 aromatic rings. The molecular formula is C16H22N2O. The molecule has 0 atom stereocenters. The van der Waals surface area contributed by atoms with E-state index in [-0.39, 0.29) is 5.91 Å². The van der Waals surface area contributed by atoms with Gasteiger partial charge < -0.3 is 10.6 Å². The molecule has 0 radical (unpaired) electrons. The van der Waals surface area contributed by atoms with Crippen molar-refractivity contribution in [1.29, 1.82) is 0 Å². The van der Waals surface area contributed by atoms with Gasteiger partial charge >= 0.3 is 0 Å². The highest BCUT2D eigenvalue weighted by Gasteiger charge is 2.13. The van der Waals surface area contributed by atoms with E-state index in [4.69, 9.17) is 5.73 Å². The summed E-state index contributed by atoms with van der Waals surface area (Å²) in [4.78, 5) is 14.2. The molecule has 0 aliphatic heterocycles. The number of hydrogen-bond donors (Lipinski definition) is 1. The van der Waals surface area contributed by atoms with Crippen LogP contribution >= 0.6 is 0 Å². The van der Waals surface area contributed by atoms with Crippen molar-refractivity contribution in [2.45, 2.75) is 27.2 Å². The van der Waals surface area contributed by atoms with E-state index in [1.807, 2.05) is 36.9 Å². The molecule has 3 nitrogen and oxygen atoms in total. The van der Waals surface area contributed by atoms with Gasteiger partial charge in [0.05, 0.1) is 6.54 Å². The van der Waals surface area contributed by atoms with Crippen LogP contribution in [-0.2, 0) is 0 Å². The van der Waals surface area contributed by atoms with Crippen LogP contribution in [0.15, 0.2) is 18.2 Å². The van der Waals surface area contributed by atoms with Crippen molar-refractivity contribution in [2.75, 3.05) is 19.6 Å². The first-order valence-electron chi connectivity index (χ1n) is 6.72. The summed E-state index contributed by atoms with van der Waals surface area (Å²) in [5.41, 5.74) is 8.03. The van der Waals surface area contributed by atoms with Crippen LogP contribution in [0.2, 0.25) is 0 Å². The highest BCUT2D eigenvalue weighted by atomic mass is 16.2. The molecule has 1 rings (SSSR count). The molecule has 0 aliphatic rings. The molecular weight excluding hydrogens is 236 g/mol. The number of hydrogen-bond acceptors (Lipinski definition) is 2. The van der Waals surface area contributed by atoms with Crippen LogP contribution in [-0.4, -0.2) is 30.4 Å². The Bertz CT molecular complexity index is 497. The number of carbonyl (C=O) groups excluding carboxylic acids is 1. The highest BCUT2D eigenvalue weighted by Crippen LogP contribution is 2.12. The summed E-state index contributed by atoms with van der Waals surface area (Å²) in [6.45, 7) is 7.89. The third-order valence-corrected chi connectivity index (χ3v) is 2.97. The van der Waals surface area contributed by atoms with E-state index in [2.05, 4.69) is 18.8 Å². The number of carbonyl (C=O) groups is 1. The van der Waals surface area contributed by atoms with Crippen LogP contribution in [0.5, 0.6) is 0 Å². The number of benzene rings is 1. The van der Waals surface area contributed by atoms with Gasteiger partial charge in [-0.2, -0.15) is 0 Å². The first-order chi connectivity index (χ1) is 9.13. The minimum atomic E-state index is 0.0696. The normalized spacial score (nSPS) is 9.68. The van der Waals surface area contributed by atoms with Gasteiger partial charge in [-0.05, 0) is 38.0 Å². The maximum absolute atomic E-state index is 12.4. The second-order valence-corrected chi connectivity index (χ2v) is 4.42. The van der Waals surface area contributed by atoms with Crippen LogP contribution < -0.4 is 5.73 Å². The van der Waals surface area contributed by atoms with Gasteiger partial charge in [0.15, 0.2) is 0 Å². The van der Waals surface area contributed by atoms with Gasteiger partial charge in [-0.3, -0.25) is 4.79 Å². The van der Waals surface area contributed by atoms with Crippen LogP contribution in [0.1, 0.15) is 41.8 Å². The summed E-state index contributed by atoms with van der Waals surface area (Å²) in [5.74, 6) is 5.91. The second kappa shape index (κ2) is 7.60. The molecule has 1 amide bonds. The third kappa shape index (κ3) is 4.11. The van der Waals surface area contributed by atoms with Crippen LogP contribution in [0.4, 0.5) is 0 Å².